The summed E-state index contributed by atoms with van der Waals surface area (Å²) < 4.78 is 44.6. The first-order valence-corrected chi connectivity index (χ1v) is 8.86. The van der Waals surface area contributed by atoms with Crippen LogP contribution in [-0.2, 0) is 9.84 Å². The molecule has 24 heavy (non-hydrogen) atoms. The molecule has 0 bridgehead atoms. The van der Waals surface area contributed by atoms with E-state index in [9.17, 15) is 12.8 Å². The Morgan fingerprint density at radius 2 is 1.58 bits per heavy atom. The summed E-state index contributed by atoms with van der Waals surface area (Å²) in [5.74, 6) is -0.490. The molecule has 0 aliphatic rings. The summed E-state index contributed by atoms with van der Waals surface area (Å²) in [4.78, 5) is -0.0300. The van der Waals surface area contributed by atoms with Crippen molar-refractivity contribution in [3.05, 3.63) is 83.6 Å². The molecule has 0 saturated carbocycles. The van der Waals surface area contributed by atoms with E-state index in [1.807, 2.05) is 0 Å². The third-order valence-corrected chi connectivity index (χ3v) is 5.29. The first-order valence-electron chi connectivity index (χ1n) is 7.00. The summed E-state index contributed by atoms with van der Waals surface area (Å²) in [7, 11) is -3.77. The maximum Gasteiger partial charge on any atom is 0.206 e. The van der Waals surface area contributed by atoms with Gasteiger partial charge in [0, 0.05) is 5.02 Å². The summed E-state index contributed by atoms with van der Waals surface area (Å²) in [6.45, 7) is 0. The van der Waals surface area contributed by atoms with Crippen molar-refractivity contribution in [2.45, 2.75) is 9.79 Å². The third-order valence-electron chi connectivity index (χ3n) is 3.29. The molecule has 122 valence electrons. The molecular weight excluding hydrogens is 351 g/mol. The van der Waals surface area contributed by atoms with Crippen molar-refractivity contribution in [3.8, 4) is 11.5 Å². The molecule has 0 amide bonds. The summed E-state index contributed by atoms with van der Waals surface area (Å²) >= 11 is 5.85. The van der Waals surface area contributed by atoms with Crippen molar-refractivity contribution in [2.75, 3.05) is 0 Å². The zero-order chi connectivity index (χ0) is 17.2. The fraction of sp³-hybridized carbons (Fsp3) is 0. The number of sulfone groups is 1. The van der Waals surface area contributed by atoms with Crippen LogP contribution in [0.2, 0.25) is 5.02 Å². The zero-order valence-corrected chi connectivity index (χ0v) is 13.9. The van der Waals surface area contributed by atoms with Crippen LogP contribution in [-0.4, -0.2) is 8.42 Å². The van der Waals surface area contributed by atoms with Crippen molar-refractivity contribution in [2.24, 2.45) is 0 Å². The Morgan fingerprint density at radius 1 is 0.833 bits per heavy atom. The van der Waals surface area contributed by atoms with Crippen LogP contribution < -0.4 is 4.74 Å². The highest BCUT2D eigenvalue weighted by molar-refractivity contribution is 7.91. The molecule has 0 aliphatic heterocycles. The highest BCUT2D eigenvalue weighted by atomic mass is 35.5. The number of ether oxygens (including phenoxy) is 1. The van der Waals surface area contributed by atoms with Crippen molar-refractivity contribution in [1.82, 2.24) is 0 Å². The number of halogens is 2. The van der Waals surface area contributed by atoms with E-state index in [1.54, 1.807) is 36.4 Å². The van der Waals surface area contributed by atoms with Gasteiger partial charge in [-0.05, 0) is 48.5 Å². The maximum atomic E-state index is 14.3. The van der Waals surface area contributed by atoms with E-state index in [-0.39, 0.29) is 15.5 Å². The first-order chi connectivity index (χ1) is 11.5. The maximum absolute atomic E-state index is 14.3. The molecule has 0 radical (unpaired) electrons. The molecule has 0 fully saturated rings. The molecule has 3 aromatic carbocycles. The fourth-order valence-corrected chi connectivity index (χ4v) is 3.60. The molecule has 0 aromatic heterocycles. The van der Waals surface area contributed by atoms with E-state index in [0.29, 0.717) is 10.8 Å². The highest BCUT2D eigenvalue weighted by Crippen LogP contribution is 2.29. The van der Waals surface area contributed by atoms with E-state index in [0.717, 1.165) is 6.07 Å². The second-order valence-electron chi connectivity index (χ2n) is 4.97. The van der Waals surface area contributed by atoms with Gasteiger partial charge < -0.3 is 4.74 Å². The Morgan fingerprint density at radius 3 is 2.25 bits per heavy atom. The van der Waals surface area contributed by atoms with Crippen LogP contribution in [0.5, 0.6) is 11.5 Å². The minimum absolute atomic E-state index is 0.0794. The standard InChI is InChI=1S/C18H12ClFO3S/c19-13-5-4-6-14(11-13)23-18-10-9-16(12-17(18)20)24(21,22)15-7-2-1-3-8-15/h1-12H. The molecule has 0 atom stereocenters. The van der Waals surface area contributed by atoms with Gasteiger partial charge in [-0.3, -0.25) is 0 Å². The number of hydrogen-bond acceptors (Lipinski definition) is 3. The predicted octanol–water partition coefficient (Wildman–Crippen LogP) is 5.10. The molecule has 0 spiro atoms. The minimum atomic E-state index is -3.77. The fourth-order valence-electron chi connectivity index (χ4n) is 2.12. The third kappa shape index (κ3) is 3.42. The molecule has 0 aliphatic carbocycles. The Kier molecular flexibility index (Phi) is 4.55. The van der Waals surface area contributed by atoms with E-state index in [2.05, 4.69) is 0 Å². The quantitative estimate of drug-likeness (QED) is 0.648. The predicted molar refractivity (Wildman–Crippen MR) is 89.8 cm³/mol. The second kappa shape index (κ2) is 6.63. The lowest BCUT2D eigenvalue weighted by atomic mass is 10.3. The number of benzene rings is 3. The largest absolute Gasteiger partial charge is 0.454 e. The summed E-state index contributed by atoms with van der Waals surface area (Å²) in [5.41, 5.74) is 0. The lowest BCUT2D eigenvalue weighted by Gasteiger charge is -2.09. The van der Waals surface area contributed by atoms with Crippen LogP contribution in [0.1, 0.15) is 0 Å². The summed E-state index contributed by atoms with van der Waals surface area (Å²) in [6.07, 6.45) is 0. The van der Waals surface area contributed by atoms with Crippen LogP contribution in [0.4, 0.5) is 4.39 Å². The van der Waals surface area contributed by atoms with Gasteiger partial charge in [0.1, 0.15) is 5.75 Å². The van der Waals surface area contributed by atoms with Crippen molar-refractivity contribution < 1.29 is 17.5 Å². The summed E-state index contributed by atoms with van der Waals surface area (Å²) in [6, 6.07) is 17.9. The van der Waals surface area contributed by atoms with E-state index in [4.69, 9.17) is 16.3 Å². The molecule has 0 unspecified atom stereocenters. The molecular formula is C18H12ClFO3S. The lowest BCUT2D eigenvalue weighted by molar-refractivity contribution is 0.441. The van der Waals surface area contributed by atoms with Gasteiger partial charge in [-0.15, -0.1) is 0 Å². The zero-order valence-electron chi connectivity index (χ0n) is 12.3. The lowest BCUT2D eigenvalue weighted by Crippen LogP contribution is -2.02. The topological polar surface area (TPSA) is 43.4 Å². The van der Waals surface area contributed by atoms with Crippen molar-refractivity contribution in [3.63, 3.8) is 0 Å². The van der Waals surface area contributed by atoms with E-state index < -0.39 is 15.7 Å². The van der Waals surface area contributed by atoms with Gasteiger partial charge in [0.05, 0.1) is 9.79 Å². The molecule has 3 nitrogen and oxygen atoms in total. The van der Waals surface area contributed by atoms with Crippen LogP contribution >= 0.6 is 11.6 Å². The van der Waals surface area contributed by atoms with Gasteiger partial charge >= 0.3 is 0 Å². The van der Waals surface area contributed by atoms with Gasteiger partial charge in [-0.25, -0.2) is 12.8 Å². The first kappa shape index (κ1) is 16.5. The van der Waals surface area contributed by atoms with Crippen LogP contribution in [0, 0.1) is 5.82 Å². The minimum Gasteiger partial charge on any atom is -0.454 e. The van der Waals surface area contributed by atoms with E-state index in [1.165, 1.54) is 30.3 Å². The average Bonchev–Trinajstić information content (AvgIpc) is 2.57. The van der Waals surface area contributed by atoms with Gasteiger partial charge in [0.15, 0.2) is 11.6 Å². The van der Waals surface area contributed by atoms with Crippen LogP contribution in [0.3, 0.4) is 0 Å². The Labute approximate surface area is 144 Å². The Balaban J connectivity index is 1.93. The second-order valence-corrected chi connectivity index (χ2v) is 7.35. The van der Waals surface area contributed by atoms with Gasteiger partial charge in [0.25, 0.3) is 0 Å². The van der Waals surface area contributed by atoms with Crippen LogP contribution in [0.15, 0.2) is 82.6 Å². The molecule has 3 rings (SSSR count). The molecule has 0 N–H and O–H groups in total. The average molecular weight is 363 g/mol. The van der Waals surface area contributed by atoms with Crippen molar-refractivity contribution >= 4 is 21.4 Å². The van der Waals surface area contributed by atoms with E-state index >= 15 is 0 Å². The Bertz CT molecular complexity index is 973. The van der Waals surface area contributed by atoms with Gasteiger partial charge in [-0.2, -0.15) is 0 Å². The Hall–Kier alpha value is -2.37. The molecule has 3 aromatic rings. The number of rotatable bonds is 4. The van der Waals surface area contributed by atoms with Gasteiger partial charge in [0.2, 0.25) is 9.84 Å². The monoisotopic (exact) mass is 362 g/mol. The smallest absolute Gasteiger partial charge is 0.206 e. The summed E-state index contributed by atoms with van der Waals surface area (Å²) in [5, 5.41) is 0.455. The highest BCUT2D eigenvalue weighted by Gasteiger charge is 2.19. The number of hydrogen-bond donors (Lipinski definition) is 0. The molecule has 6 heteroatoms. The normalized spacial score (nSPS) is 11.2. The van der Waals surface area contributed by atoms with Crippen LogP contribution in [0.25, 0.3) is 0 Å². The molecule has 0 heterocycles. The SMILES string of the molecule is O=S(=O)(c1ccccc1)c1ccc(Oc2cccc(Cl)c2)c(F)c1. The van der Waals surface area contributed by atoms with Crippen molar-refractivity contribution in [1.29, 1.82) is 0 Å². The molecule has 0 saturated heterocycles. The van der Waals surface area contributed by atoms with Gasteiger partial charge in [-0.1, -0.05) is 35.9 Å².